The lowest BCUT2D eigenvalue weighted by Crippen LogP contribution is -2.58. The smallest absolute Gasteiger partial charge is 0.256 e. The third kappa shape index (κ3) is 2.55. The van der Waals surface area contributed by atoms with Gasteiger partial charge in [-0.15, -0.1) is 0 Å². The normalized spacial score (nSPS) is 13.6. The molecule has 6 aromatic carbocycles. The predicted molar refractivity (Wildman–Crippen MR) is 166 cm³/mol. The number of ether oxygens (including phenoxy) is 1. The van der Waals surface area contributed by atoms with Gasteiger partial charge in [0.15, 0.2) is 0 Å². The van der Waals surface area contributed by atoms with E-state index < -0.39 is 0 Å². The molecule has 2 nitrogen and oxygen atoms in total. The molecule has 0 fully saturated rings. The van der Waals surface area contributed by atoms with Crippen molar-refractivity contribution in [3.8, 4) is 39.4 Å². The molecule has 184 valence electrons. The molecule has 3 heteroatoms. The third-order valence-electron chi connectivity index (χ3n) is 9.29. The maximum absolute atomic E-state index is 6.75. The average Bonchev–Trinajstić information content (AvgIpc) is 3.56. The molecule has 0 unspecified atom stereocenters. The summed E-state index contributed by atoms with van der Waals surface area (Å²) in [6.07, 6.45) is 1.02. The molecule has 0 spiro atoms. The Balaban J connectivity index is 1.19. The fourth-order valence-electron chi connectivity index (χ4n) is 7.56. The summed E-state index contributed by atoms with van der Waals surface area (Å²) < 4.78 is 9.20. The van der Waals surface area contributed by atoms with Crippen LogP contribution in [0.3, 0.4) is 0 Å². The molecule has 0 radical (unpaired) electrons. The van der Waals surface area contributed by atoms with Crippen molar-refractivity contribution in [2.24, 2.45) is 0 Å². The summed E-state index contributed by atoms with van der Waals surface area (Å²) in [5.41, 5.74) is 15.6. The van der Waals surface area contributed by atoms with Gasteiger partial charge >= 0.3 is 0 Å². The van der Waals surface area contributed by atoms with Gasteiger partial charge in [-0.2, -0.15) is 0 Å². The Kier molecular flexibility index (Phi) is 3.83. The molecule has 10 rings (SSSR count). The van der Waals surface area contributed by atoms with E-state index in [2.05, 4.69) is 126 Å². The summed E-state index contributed by atoms with van der Waals surface area (Å²) in [7, 11) is 0. The minimum atomic E-state index is 0.136. The van der Waals surface area contributed by atoms with Gasteiger partial charge in [0.2, 0.25) is 0 Å². The third-order valence-corrected chi connectivity index (χ3v) is 9.29. The second-order valence-electron chi connectivity index (χ2n) is 11.3. The predicted octanol–water partition coefficient (Wildman–Crippen LogP) is 6.96. The molecule has 1 aliphatic carbocycles. The molecule has 0 amide bonds. The van der Waals surface area contributed by atoms with E-state index in [0.717, 1.165) is 17.9 Å². The molecule has 1 aromatic heterocycles. The van der Waals surface area contributed by atoms with Crippen LogP contribution in [0.2, 0.25) is 0 Å². The summed E-state index contributed by atoms with van der Waals surface area (Å²) in [6, 6.07) is 44.6. The van der Waals surface area contributed by atoms with Crippen LogP contribution in [-0.4, -0.2) is 11.3 Å². The highest BCUT2D eigenvalue weighted by molar-refractivity contribution is 6.99. The zero-order valence-corrected chi connectivity index (χ0v) is 21.7. The topological polar surface area (TPSA) is 14.2 Å². The van der Waals surface area contributed by atoms with E-state index in [0.29, 0.717) is 0 Å². The van der Waals surface area contributed by atoms with Crippen molar-refractivity contribution >= 4 is 44.9 Å². The molecule has 3 heterocycles. The first kappa shape index (κ1) is 20.9. The zero-order chi connectivity index (χ0) is 25.9. The van der Waals surface area contributed by atoms with Crippen LogP contribution in [-0.2, 0) is 6.42 Å². The van der Waals surface area contributed by atoms with Gasteiger partial charge in [0.25, 0.3) is 6.71 Å². The van der Waals surface area contributed by atoms with E-state index in [1.54, 1.807) is 0 Å². The van der Waals surface area contributed by atoms with Crippen molar-refractivity contribution in [2.45, 2.75) is 6.42 Å². The quantitative estimate of drug-likeness (QED) is 0.219. The fourth-order valence-corrected chi connectivity index (χ4v) is 7.56. The fraction of sp³-hybridized carbons (Fsp3) is 0.0270. The first-order valence-electron chi connectivity index (χ1n) is 14.0. The number of fused-ring (bicyclic) bond motifs is 11. The highest BCUT2D eigenvalue weighted by Crippen LogP contribution is 2.41. The van der Waals surface area contributed by atoms with Gasteiger partial charge in [-0.25, -0.2) is 0 Å². The van der Waals surface area contributed by atoms with Crippen molar-refractivity contribution in [1.82, 2.24) is 4.57 Å². The summed E-state index contributed by atoms with van der Waals surface area (Å²) in [4.78, 5) is 0. The number of rotatable bonds is 1. The Hall–Kier alpha value is -5.02. The van der Waals surface area contributed by atoms with Crippen molar-refractivity contribution in [2.75, 3.05) is 0 Å². The van der Waals surface area contributed by atoms with Gasteiger partial charge in [-0.3, -0.25) is 0 Å². The van der Waals surface area contributed by atoms with Crippen molar-refractivity contribution in [1.29, 1.82) is 0 Å². The van der Waals surface area contributed by atoms with E-state index in [9.17, 15) is 0 Å². The molecule has 0 saturated carbocycles. The molecule has 0 atom stereocenters. The Morgan fingerprint density at radius 3 is 2.38 bits per heavy atom. The van der Waals surface area contributed by atoms with Crippen LogP contribution in [0.4, 0.5) is 0 Å². The highest BCUT2D eigenvalue weighted by Gasteiger charge is 2.40. The van der Waals surface area contributed by atoms with E-state index in [1.165, 1.54) is 77.3 Å². The molecular weight excluding hydrogens is 485 g/mol. The monoisotopic (exact) mass is 507 g/mol. The Morgan fingerprint density at radius 2 is 1.38 bits per heavy atom. The number of benzene rings is 6. The summed E-state index contributed by atoms with van der Waals surface area (Å²) >= 11 is 0. The second kappa shape index (κ2) is 7.34. The molecule has 0 bridgehead atoms. The van der Waals surface area contributed by atoms with Gasteiger partial charge in [-0.1, -0.05) is 84.9 Å². The Morgan fingerprint density at radius 1 is 0.575 bits per heavy atom. The second-order valence-corrected chi connectivity index (χ2v) is 11.3. The lowest BCUT2D eigenvalue weighted by molar-refractivity contribution is 0.488. The minimum Gasteiger partial charge on any atom is -0.458 e. The van der Waals surface area contributed by atoms with Crippen LogP contribution < -0.4 is 21.1 Å². The summed E-state index contributed by atoms with van der Waals surface area (Å²) in [5, 5.41) is 2.58. The number of aromatic nitrogens is 1. The maximum Gasteiger partial charge on any atom is 0.256 e. The van der Waals surface area contributed by atoms with E-state index >= 15 is 0 Å². The standard InChI is InChI=1S/C37H22BNO/c1-2-8-26-24(7-1)19-25-14-13-22(20-29(25)26)23-15-17-31-35(21-23)40-34-18-16-28-27-9-3-5-11-32(27)39-33-12-6-4-10-30(33)38(31)36(34)37(28)39/h1-18,20-21H,19H2. The summed E-state index contributed by atoms with van der Waals surface area (Å²) in [5.74, 6) is 1.92. The Bertz CT molecular complexity index is 2240. The van der Waals surface area contributed by atoms with Crippen molar-refractivity contribution in [3.05, 3.63) is 132 Å². The average molecular weight is 507 g/mol. The highest BCUT2D eigenvalue weighted by atomic mass is 16.5. The zero-order valence-electron chi connectivity index (χ0n) is 21.7. The minimum absolute atomic E-state index is 0.136. The number of hydrogen-bond acceptors (Lipinski definition) is 1. The van der Waals surface area contributed by atoms with Crippen LogP contribution in [0.1, 0.15) is 11.1 Å². The van der Waals surface area contributed by atoms with E-state index in [-0.39, 0.29) is 6.71 Å². The van der Waals surface area contributed by atoms with E-state index in [1.807, 2.05) is 0 Å². The van der Waals surface area contributed by atoms with Gasteiger partial charge in [0, 0.05) is 16.5 Å². The Labute approximate surface area is 232 Å². The molecule has 0 N–H and O–H groups in total. The van der Waals surface area contributed by atoms with Crippen LogP contribution in [0.25, 0.3) is 49.7 Å². The van der Waals surface area contributed by atoms with Crippen LogP contribution in [0.5, 0.6) is 11.5 Å². The van der Waals surface area contributed by atoms with Gasteiger partial charge in [0.1, 0.15) is 11.5 Å². The van der Waals surface area contributed by atoms with Gasteiger partial charge in [0.05, 0.1) is 11.0 Å². The number of para-hydroxylation sites is 2. The lowest BCUT2D eigenvalue weighted by Gasteiger charge is -2.33. The van der Waals surface area contributed by atoms with Crippen molar-refractivity contribution < 1.29 is 4.74 Å². The molecule has 2 aliphatic heterocycles. The summed E-state index contributed by atoms with van der Waals surface area (Å²) in [6.45, 7) is 0.136. The number of nitrogens with zero attached hydrogens (tertiary/aromatic N) is 1. The van der Waals surface area contributed by atoms with E-state index in [4.69, 9.17) is 4.74 Å². The SMILES string of the molecule is c1ccc2c(c1)Cc1ccc(-c3ccc4c(c3)Oc3ccc5c6ccccc6n6c5c3B4c3ccccc3-6)cc1-2. The van der Waals surface area contributed by atoms with Crippen LogP contribution in [0, 0.1) is 0 Å². The molecule has 3 aliphatic rings. The van der Waals surface area contributed by atoms with Crippen molar-refractivity contribution in [3.63, 3.8) is 0 Å². The maximum atomic E-state index is 6.75. The first-order chi connectivity index (χ1) is 19.8. The van der Waals surface area contributed by atoms with Gasteiger partial charge in [-0.05, 0) is 92.6 Å². The van der Waals surface area contributed by atoms with Gasteiger partial charge < -0.3 is 9.30 Å². The lowest BCUT2D eigenvalue weighted by atomic mass is 9.34. The molecule has 40 heavy (non-hydrogen) atoms. The van der Waals surface area contributed by atoms with Crippen LogP contribution >= 0.6 is 0 Å². The largest absolute Gasteiger partial charge is 0.458 e. The van der Waals surface area contributed by atoms with Crippen LogP contribution in [0.15, 0.2) is 121 Å². The molecule has 0 saturated heterocycles. The first-order valence-corrected chi connectivity index (χ1v) is 14.0. The molecular formula is C37H22BNO. The molecule has 7 aromatic rings. The number of hydrogen-bond donors (Lipinski definition) is 0.